The van der Waals surface area contributed by atoms with Crippen molar-refractivity contribution in [2.24, 2.45) is 0 Å². The van der Waals surface area contributed by atoms with Crippen LogP contribution in [0.15, 0.2) is 24.5 Å². The Morgan fingerprint density at radius 1 is 1.35 bits per heavy atom. The maximum Gasteiger partial charge on any atom is 0.466 e. The Balaban J connectivity index is 2.16. The molecule has 112 valence electrons. The topological polar surface area (TPSA) is 36.9 Å². The van der Waals surface area contributed by atoms with Gasteiger partial charge in [-0.05, 0) is 40.2 Å². The van der Waals surface area contributed by atoms with Crippen molar-refractivity contribution in [3.8, 4) is 0 Å². The van der Waals surface area contributed by atoms with Crippen LogP contribution in [-0.2, 0) is 18.8 Å². The molecule has 4 nitrogen and oxygen atoms in total. The zero-order valence-corrected chi connectivity index (χ0v) is 13.1. The first-order valence-electron chi connectivity index (χ1n) is 7.26. The lowest BCUT2D eigenvalue weighted by Gasteiger charge is -2.32. The summed E-state index contributed by atoms with van der Waals surface area (Å²) in [5.41, 5.74) is 0.339. The van der Waals surface area contributed by atoms with Gasteiger partial charge in [0.05, 0.1) is 17.5 Å². The second-order valence-corrected chi connectivity index (χ2v) is 6.31. The number of rotatable bonds is 4. The van der Waals surface area contributed by atoms with Gasteiger partial charge in [0, 0.05) is 18.8 Å². The fourth-order valence-corrected chi connectivity index (χ4v) is 2.45. The van der Waals surface area contributed by atoms with Gasteiger partial charge in [0.1, 0.15) is 0 Å². The standard InChI is InChI=1S/C15H25BO4/c1-7-11-10-18-13(17-8-2)9-12(11)16-19-14(3,4)15(5,6)20-16/h7,10,12-13H,1,8-9H2,2-6H3/t12-,13-/m0/s1. The highest BCUT2D eigenvalue weighted by Gasteiger charge is 2.55. The van der Waals surface area contributed by atoms with E-state index >= 15 is 0 Å². The minimum Gasteiger partial charge on any atom is -0.472 e. The molecule has 2 aliphatic rings. The SMILES string of the molecule is C=CC1=CO[C@H](OCC)C[C@@H]1B1OC(C)(C)C(C)(C)O1. The van der Waals surface area contributed by atoms with Gasteiger partial charge in [-0.25, -0.2) is 0 Å². The van der Waals surface area contributed by atoms with E-state index < -0.39 is 0 Å². The molecule has 2 atom stereocenters. The molecule has 2 aliphatic heterocycles. The molecule has 20 heavy (non-hydrogen) atoms. The van der Waals surface area contributed by atoms with Gasteiger partial charge in [-0.2, -0.15) is 0 Å². The van der Waals surface area contributed by atoms with Crippen LogP contribution in [0.5, 0.6) is 0 Å². The molecule has 2 heterocycles. The van der Waals surface area contributed by atoms with Crippen molar-refractivity contribution >= 4 is 7.12 Å². The average molecular weight is 280 g/mol. The van der Waals surface area contributed by atoms with Gasteiger partial charge in [0.25, 0.3) is 0 Å². The van der Waals surface area contributed by atoms with Crippen LogP contribution in [0.4, 0.5) is 0 Å². The van der Waals surface area contributed by atoms with Gasteiger partial charge in [-0.15, -0.1) is 0 Å². The molecule has 0 saturated carbocycles. The molecule has 0 N–H and O–H groups in total. The molecule has 0 aromatic heterocycles. The number of hydrogen-bond acceptors (Lipinski definition) is 4. The van der Waals surface area contributed by atoms with E-state index in [0.29, 0.717) is 13.0 Å². The molecule has 2 rings (SSSR count). The van der Waals surface area contributed by atoms with E-state index in [-0.39, 0.29) is 30.4 Å². The maximum absolute atomic E-state index is 6.14. The van der Waals surface area contributed by atoms with Crippen molar-refractivity contribution in [1.29, 1.82) is 0 Å². The van der Waals surface area contributed by atoms with E-state index in [1.807, 2.05) is 6.92 Å². The summed E-state index contributed by atoms with van der Waals surface area (Å²) in [4.78, 5) is 0. The molecule has 0 amide bonds. The van der Waals surface area contributed by atoms with Crippen LogP contribution < -0.4 is 0 Å². The first kappa shape index (κ1) is 15.6. The van der Waals surface area contributed by atoms with Crippen molar-refractivity contribution in [3.63, 3.8) is 0 Å². The number of hydrogen-bond donors (Lipinski definition) is 0. The van der Waals surface area contributed by atoms with Crippen molar-refractivity contribution in [2.45, 2.75) is 64.3 Å². The third-order valence-electron chi connectivity index (χ3n) is 4.42. The Kier molecular flexibility index (Phi) is 4.33. The summed E-state index contributed by atoms with van der Waals surface area (Å²) < 4.78 is 23.4. The minimum absolute atomic E-state index is 0.0823. The highest BCUT2D eigenvalue weighted by atomic mass is 16.7. The molecule has 0 bridgehead atoms. The molecule has 0 radical (unpaired) electrons. The Morgan fingerprint density at radius 3 is 2.45 bits per heavy atom. The Labute approximate surface area is 122 Å². The fourth-order valence-electron chi connectivity index (χ4n) is 2.45. The van der Waals surface area contributed by atoms with Crippen LogP contribution in [-0.4, -0.2) is 31.2 Å². The van der Waals surface area contributed by atoms with Crippen LogP contribution in [0.1, 0.15) is 41.0 Å². The zero-order valence-electron chi connectivity index (χ0n) is 13.1. The first-order valence-corrected chi connectivity index (χ1v) is 7.26. The lowest BCUT2D eigenvalue weighted by molar-refractivity contribution is -0.113. The van der Waals surface area contributed by atoms with Gasteiger partial charge >= 0.3 is 7.12 Å². The minimum atomic E-state index is -0.330. The lowest BCUT2D eigenvalue weighted by atomic mass is 9.65. The monoisotopic (exact) mass is 280 g/mol. The lowest BCUT2D eigenvalue weighted by Crippen LogP contribution is -2.41. The highest BCUT2D eigenvalue weighted by Crippen LogP contribution is 2.44. The van der Waals surface area contributed by atoms with E-state index in [9.17, 15) is 0 Å². The van der Waals surface area contributed by atoms with Gasteiger partial charge in [-0.3, -0.25) is 0 Å². The van der Waals surface area contributed by atoms with E-state index in [1.165, 1.54) is 0 Å². The Bertz CT molecular complexity index is 387. The molecule has 0 aromatic rings. The first-order chi connectivity index (χ1) is 9.30. The smallest absolute Gasteiger partial charge is 0.466 e. The predicted octanol–water partition coefficient (Wildman–Crippen LogP) is 3.30. The van der Waals surface area contributed by atoms with Crippen molar-refractivity contribution in [2.75, 3.05) is 6.61 Å². The molecular weight excluding hydrogens is 255 g/mol. The summed E-state index contributed by atoms with van der Waals surface area (Å²) in [7, 11) is -0.295. The summed E-state index contributed by atoms with van der Waals surface area (Å²) in [5, 5.41) is 0. The highest BCUT2D eigenvalue weighted by molar-refractivity contribution is 6.48. The van der Waals surface area contributed by atoms with Crippen molar-refractivity contribution in [1.82, 2.24) is 0 Å². The van der Waals surface area contributed by atoms with Crippen molar-refractivity contribution in [3.05, 3.63) is 24.5 Å². The summed E-state index contributed by atoms with van der Waals surface area (Å²) in [5.74, 6) is 0.0823. The summed E-state index contributed by atoms with van der Waals surface area (Å²) in [6.45, 7) is 14.7. The second kappa shape index (κ2) is 5.55. The fraction of sp³-hybridized carbons (Fsp3) is 0.733. The molecule has 0 aromatic carbocycles. The largest absolute Gasteiger partial charge is 0.472 e. The van der Waals surface area contributed by atoms with Gasteiger partial charge in [-0.1, -0.05) is 12.7 Å². The van der Waals surface area contributed by atoms with Crippen molar-refractivity contribution < 1.29 is 18.8 Å². The van der Waals surface area contributed by atoms with Gasteiger partial charge < -0.3 is 18.8 Å². The molecule has 0 spiro atoms. The molecule has 0 unspecified atom stereocenters. The van der Waals surface area contributed by atoms with Crippen LogP contribution >= 0.6 is 0 Å². The Hall–Kier alpha value is -0.775. The molecule has 5 heteroatoms. The second-order valence-electron chi connectivity index (χ2n) is 6.31. The molecule has 0 aliphatic carbocycles. The van der Waals surface area contributed by atoms with E-state index in [0.717, 1.165) is 5.57 Å². The normalized spacial score (nSPS) is 31.6. The van der Waals surface area contributed by atoms with Crippen LogP contribution in [0.25, 0.3) is 0 Å². The summed E-state index contributed by atoms with van der Waals surface area (Å²) in [6, 6.07) is 0. The maximum atomic E-state index is 6.14. The quantitative estimate of drug-likeness (QED) is 0.740. The van der Waals surface area contributed by atoms with Crippen LogP contribution in [0.2, 0.25) is 5.82 Å². The molecule has 1 saturated heterocycles. The van der Waals surface area contributed by atoms with E-state index in [1.54, 1.807) is 12.3 Å². The Morgan fingerprint density at radius 2 is 1.95 bits per heavy atom. The van der Waals surface area contributed by atoms with Gasteiger partial charge in [0.15, 0.2) is 6.29 Å². The van der Waals surface area contributed by atoms with Crippen LogP contribution in [0.3, 0.4) is 0 Å². The van der Waals surface area contributed by atoms with E-state index in [2.05, 4.69) is 34.3 Å². The van der Waals surface area contributed by atoms with E-state index in [4.69, 9.17) is 18.8 Å². The predicted molar refractivity (Wildman–Crippen MR) is 79.2 cm³/mol. The number of allylic oxidation sites excluding steroid dienone is 2. The molecule has 1 fully saturated rings. The third kappa shape index (κ3) is 2.80. The van der Waals surface area contributed by atoms with Crippen LogP contribution in [0, 0.1) is 0 Å². The average Bonchev–Trinajstić information content (AvgIpc) is 2.59. The van der Waals surface area contributed by atoms with Gasteiger partial charge in [0.2, 0.25) is 0 Å². The third-order valence-corrected chi connectivity index (χ3v) is 4.42. The molecular formula is C15H25BO4. The summed E-state index contributed by atoms with van der Waals surface area (Å²) in [6.07, 6.45) is 3.99. The summed E-state index contributed by atoms with van der Waals surface area (Å²) >= 11 is 0. The number of ether oxygens (including phenoxy) is 2. The zero-order chi connectivity index (χ0) is 15.0.